The van der Waals surface area contributed by atoms with E-state index in [1.165, 1.54) is 22.5 Å². The van der Waals surface area contributed by atoms with Crippen LogP contribution in [-0.4, -0.2) is 18.4 Å². The molecule has 172 valence electrons. The number of pyridine rings is 1. The number of carbonyl (C=O) groups excluding carboxylic acids is 2. The Labute approximate surface area is 208 Å². The molecule has 0 unspecified atom stereocenters. The molecule has 0 spiro atoms. The van der Waals surface area contributed by atoms with Gasteiger partial charge in [-0.05, 0) is 19.4 Å². The third kappa shape index (κ3) is 5.64. The van der Waals surface area contributed by atoms with Crippen LogP contribution in [0.4, 0.5) is 0 Å². The average Bonchev–Trinajstić information content (AvgIpc) is 3.22. The fourth-order valence-electron chi connectivity index (χ4n) is 3.60. The predicted molar refractivity (Wildman–Crippen MR) is 137 cm³/mol. The second-order valence-electron chi connectivity index (χ2n) is 7.78. The van der Waals surface area contributed by atoms with E-state index in [1.54, 1.807) is 18.7 Å². The summed E-state index contributed by atoms with van der Waals surface area (Å²) in [5.41, 5.74) is 4.61. The van der Waals surface area contributed by atoms with E-state index in [4.69, 9.17) is 4.74 Å². The van der Waals surface area contributed by atoms with Crippen LogP contribution in [0.15, 0.2) is 89.4 Å². The quantitative estimate of drug-likeness (QED) is 0.126. The van der Waals surface area contributed by atoms with Crippen molar-refractivity contribution >= 4 is 34.9 Å². The van der Waals surface area contributed by atoms with E-state index < -0.39 is 0 Å². The molecule has 0 bridgehead atoms. The molecule has 0 fully saturated rings. The van der Waals surface area contributed by atoms with Gasteiger partial charge in [0.15, 0.2) is 12.4 Å². The smallest absolute Gasteiger partial charge is 0.310 e. The maximum Gasteiger partial charge on any atom is 0.310 e. The Balaban J connectivity index is 1.81. The van der Waals surface area contributed by atoms with E-state index in [-0.39, 0.29) is 18.2 Å². The van der Waals surface area contributed by atoms with Gasteiger partial charge < -0.3 is 4.74 Å². The maximum atomic E-state index is 13.6. The molecule has 0 amide bonds. The highest BCUT2D eigenvalue weighted by Gasteiger charge is 2.31. The average molecular weight is 489 g/mol. The summed E-state index contributed by atoms with van der Waals surface area (Å²) in [5, 5.41) is 0. The molecule has 0 aliphatic rings. The van der Waals surface area contributed by atoms with E-state index in [2.05, 4.69) is 31.2 Å². The molecule has 2 aromatic carbocycles. The van der Waals surface area contributed by atoms with Crippen molar-refractivity contribution in [3.63, 3.8) is 0 Å². The standard InChI is InChI=1S/C28H26NO3S2/c1-3-32-24(30)18-23-25(29-16-8-5-9-17-29)28(33-19-21-14-12-20(2)13-15-21)34-27(23)26(31)22-10-6-4-7-11-22/h4-17H,3,18-19H2,1-2H3/q+1. The number of thioether (sulfide) groups is 1. The SMILES string of the molecule is CCOC(=O)Cc1c(C(=O)c2ccccc2)sc(SCc2ccc(C)cc2)c1-[n+]1ccccc1. The number of ketones is 1. The van der Waals surface area contributed by atoms with Gasteiger partial charge in [-0.15, -0.1) is 23.1 Å². The number of nitrogens with zero attached hydrogens (tertiary/aromatic N) is 1. The second kappa shape index (κ2) is 11.3. The van der Waals surface area contributed by atoms with E-state index >= 15 is 0 Å². The molecule has 4 aromatic rings. The van der Waals surface area contributed by atoms with Crippen LogP contribution in [0.5, 0.6) is 0 Å². The summed E-state index contributed by atoms with van der Waals surface area (Å²) < 4.78 is 8.25. The summed E-state index contributed by atoms with van der Waals surface area (Å²) in [6.07, 6.45) is 3.94. The first-order chi connectivity index (χ1) is 16.6. The molecule has 2 heterocycles. The Bertz CT molecular complexity index is 1270. The number of ether oxygens (including phenoxy) is 1. The van der Waals surface area contributed by atoms with E-state index in [9.17, 15) is 9.59 Å². The molecule has 2 aromatic heterocycles. The largest absolute Gasteiger partial charge is 0.466 e. The van der Waals surface area contributed by atoms with E-state index in [0.29, 0.717) is 22.6 Å². The fraction of sp³-hybridized carbons (Fsp3) is 0.179. The van der Waals surface area contributed by atoms with Gasteiger partial charge in [0.2, 0.25) is 11.5 Å². The number of hydrogen-bond acceptors (Lipinski definition) is 5. The Morgan fingerprint density at radius 3 is 2.29 bits per heavy atom. The van der Waals surface area contributed by atoms with Crippen LogP contribution in [0.3, 0.4) is 0 Å². The Morgan fingerprint density at radius 1 is 0.941 bits per heavy atom. The minimum Gasteiger partial charge on any atom is -0.466 e. The van der Waals surface area contributed by atoms with Crippen molar-refractivity contribution in [2.45, 2.75) is 30.2 Å². The summed E-state index contributed by atoms with van der Waals surface area (Å²) >= 11 is 3.13. The first-order valence-corrected chi connectivity index (χ1v) is 12.9. The lowest BCUT2D eigenvalue weighted by Gasteiger charge is -2.06. The molecule has 0 N–H and O–H groups in total. The molecule has 6 heteroatoms. The number of aromatic nitrogens is 1. The number of aryl methyl sites for hydroxylation is 1. The van der Waals surface area contributed by atoms with Crippen LogP contribution < -0.4 is 4.57 Å². The van der Waals surface area contributed by atoms with Crippen molar-refractivity contribution in [1.29, 1.82) is 0 Å². The molecule has 0 saturated heterocycles. The maximum absolute atomic E-state index is 13.6. The lowest BCUT2D eigenvalue weighted by atomic mass is 10.0. The molecule has 0 aliphatic carbocycles. The van der Waals surface area contributed by atoms with Crippen molar-refractivity contribution in [3.8, 4) is 5.69 Å². The molecule has 4 nitrogen and oxygen atoms in total. The van der Waals surface area contributed by atoms with Crippen molar-refractivity contribution in [1.82, 2.24) is 0 Å². The number of rotatable bonds is 9. The molecule has 4 rings (SSSR count). The van der Waals surface area contributed by atoms with Crippen LogP contribution in [0.2, 0.25) is 0 Å². The fourth-order valence-corrected chi connectivity index (χ4v) is 6.13. The molecule has 0 radical (unpaired) electrons. The van der Waals surface area contributed by atoms with Crippen molar-refractivity contribution in [3.05, 3.63) is 112 Å². The van der Waals surface area contributed by atoms with Crippen molar-refractivity contribution in [2.75, 3.05) is 6.61 Å². The predicted octanol–water partition coefficient (Wildman–Crippen LogP) is 5.96. The first-order valence-electron chi connectivity index (χ1n) is 11.1. The number of carbonyl (C=O) groups is 2. The van der Waals surface area contributed by atoms with Gasteiger partial charge in [0.05, 0.1) is 23.5 Å². The van der Waals surface area contributed by atoms with Crippen LogP contribution in [0.1, 0.15) is 38.8 Å². The van der Waals surface area contributed by atoms with Gasteiger partial charge in [-0.1, -0.05) is 66.2 Å². The zero-order valence-corrected chi connectivity index (χ0v) is 20.8. The first kappa shape index (κ1) is 23.9. The minimum absolute atomic E-state index is 0.0422. The molecular weight excluding hydrogens is 462 g/mol. The van der Waals surface area contributed by atoms with Crippen LogP contribution >= 0.6 is 23.1 Å². The highest BCUT2D eigenvalue weighted by atomic mass is 32.2. The highest BCUT2D eigenvalue weighted by Crippen LogP contribution is 2.39. The highest BCUT2D eigenvalue weighted by molar-refractivity contribution is 8.00. The van der Waals surface area contributed by atoms with Gasteiger partial charge in [0.1, 0.15) is 4.21 Å². The Kier molecular flexibility index (Phi) is 7.93. The van der Waals surface area contributed by atoms with Gasteiger partial charge >= 0.3 is 5.97 Å². The molecule has 0 aliphatic heterocycles. The zero-order chi connectivity index (χ0) is 23.9. The number of benzene rings is 2. The molecule has 34 heavy (non-hydrogen) atoms. The van der Waals surface area contributed by atoms with Crippen molar-refractivity contribution < 1.29 is 18.9 Å². The van der Waals surface area contributed by atoms with Crippen molar-refractivity contribution in [2.24, 2.45) is 0 Å². The van der Waals surface area contributed by atoms with Gasteiger partial charge in [-0.2, -0.15) is 4.57 Å². The minimum atomic E-state index is -0.338. The third-order valence-corrected chi connectivity index (χ3v) is 7.83. The van der Waals surface area contributed by atoms with Crippen LogP contribution in [0, 0.1) is 6.92 Å². The van der Waals surface area contributed by atoms with Gasteiger partial charge in [-0.25, -0.2) is 0 Å². The summed E-state index contributed by atoms with van der Waals surface area (Å²) in [6.45, 7) is 4.16. The van der Waals surface area contributed by atoms with Crippen LogP contribution in [0.25, 0.3) is 5.69 Å². The number of esters is 1. The van der Waals surface area contributed by atoms with Crippen LogP contribution in [-0.2, 0) is 21.7 Å². The molecular formula is C28H26NO3S2+. The molecule has 0 saturated carbocycles. The summed E-state index contributed by atoms with van der Waals surface area (Å²) in [4.78, 5) is 26.7. The van der Waals surface area contributed by atoms with Gasteiger partial charge in [0, 0.05) is 23.4 Å². The van der Waals surface area contributed by atoms with Gasteiger partial charge in [0.25, 0.3) is 0 Å². The monoisotopic (exact) mass is 488 g/mol. The Morgan fingerprint density at radius 2 is 1.62 bits per heavy atom. The van der Waals surface area contributed by atoms with E-state index in [0.717, 1.165) is 15.6 Å². The number of thiophene rings is 1. The third-order valence-electron chi connectivity index (χ3n) is 5.28. The molecule has 0 atom stereocenters. The van der Waals surface area contributed by atoms with Gasteiger partial charge in [-0.3, -0.25) is 9.59 Å². The summed E-state index contributed by atoms with van der Waals surface area (Å²) in [5.74, 6) is 0.346. The second-order valence-corrected chi connectivity index (χ2v) is 10.0. The zero-order valence-electron chi connectivity index (χ0n) is 19.2. The lowest BCUT2D eigenvalue weighted by molar-refractivity contribution is -0.598. The normalized spacial score (nSPS) is 10.8. The van der Waals surface area contributed by atoms with E-state index in [1.807, 2.05) is 65.5 Å². The topological polar surface area (TPSA) is 47.3 Å². The summed E-state index contributed by atoms with van der Waals surface area (Å²) in [7, 11) is 0. The number of hydrogen-bond donors (Lipinski definition) is 0. The Hall–Kier alpha value is -3.22. The lowest BCUT2D eigenvalue weighted by Crippen LogP contribution is -2.31. The summed E-state index contributed by atoms with van der Waals surface area (Å²) in [6, 6.07) is 23.5.